The molecule has 1 fully saturated rings. The van der Waals surface area contributed by atoms with Gasteiger partial charge in [0.15, 0.2) is 0 Å². The fraction of sp³-hybridized carbons (Fsp3) is 1.00. The monoisotopic (exact) mass is 225 g/mol. The van der Waals surface area contributed by atoms with Crippen LogP contribution in [0.5, 0.6) is 0 Å². The molecule has 2 unspecified atom stereocenters. The van der Waals surface area contributed by atoms with E-state index < -0.39 is 0 Å². The largest absolute Gasteiger partial charge is 0.325 e. The molecule has 0 saturated heterocycles. The predicted molar refractivity (Wildman–Crippen MR) is 72.4 cm³/mol. The summed E-state index contributed by atoms with van der Waals surface area (Å²) in [5.41, 5.74) is 7.23. The zero-order valence-electron chi connectivity index (χ0n) is 12.0. The van der Waals surface area contributed by atoms with Crippen LogP contribution in [0.15, 0.2) is 0 Å². The van der Waals surface area contributed by atoms with Crippen molar-refractivity contribution in [2.24, 2.45) is 23.0 Å². The lowest BCUT2D eigenvalue weighted by Crippen LogP contribution is -2.50. The molecule has 1 saturated carbocycles. The van der Waals surface area contributed by atoms with Crippen LogP contribution in [-0.2, 0) is 0 Å². The average Bonchev–Trinajstić information content (AvgIpc) is 2.10. The van der Waals surface area contributed by atoms with Crippen LogP contribution in [-0.4, -0.2) is 5.54 Å². The number of nitrogens with two attached hydrogens (primary N) is 1. The summed E-state index contributed by atoms with van der Waals surface area (Å²) < 4.78 is 0. The third-order valence-electron chi connectivity index (χ3n) is 4.34. The van der Waals surface area contributed by atoms with E-state index >= 15 is 0 Å². The lowest BCUT2D eigenvalue weighted by atomic mass is 9.62. The Morgan fingerprint density at radius 1 is 1.19 bits per heavy atom. The summed E-state index contributed by atoms with van der Waals surface area (Å²) in [5.74, 6) is 1.62. The van der Waals surface area contributed by atoms with E-state index in [4.69, 9.17) is 5.73 Å². The second-order valence-electron chi connectivity index (χ2n) is 7.10. The summed E-state index contributed by atoms with van der Waals surface area (Å²) >= 11 is 0. The van der Waals surface area contributed by atoms with Gasteiger partial charge in [-0.3, -0.25) is 0 Å². The van der Waals surface area contributed by atoms with E-state index in [1.807, 2.05) is 0 Å². The van der Waals surface area contributed by atoms with Crippen molar-refractivity contribution in [1.82, 2.24) is 0 Å². The molecule has 0 aromatic carbocycles. The normalized spacial score (nSPS) is 34.3. The molecule has 0 aromatic rings. The van der Waals surface area contributed by atoms with E-state index in [1.54, 1.807) is 0 Å². The molecule has 1 heteroatoms. The van der Waals surface area contributed by atoms with Crippen molar-refractivity contribution in [3.63, 3.8) is 0 Å². The predicted octanol–water partition coefficient (Wildman–Crippen LogP) is 4.36. The molecular weight excluding hydrogens is 194 g/mol. The Labute approximate surface area is 102 Å². The molecular formula is C15H31N. The van der Waals surface area contributed by atoms with Gasteiger partial charge in [0, 0.05) is 5.54 Å². The fourth-order valence-corrected chi connectivity index (χ4v) is 4.11. The minimum atomic E-state index is 0.109. The van der Waals surface area contributed by atoms with Gasteiger partial charge in [-0.15, -0.1) is 0 Å². The summed E-state index contributed by atoms with van der Waals surface area (Å²) in [4.78, 5) is 0. The Kier molecular flexibility index (Phi) is 4.45. The van der Waals surface area contributed by atoms with Gasteiger partial charge < -0.3 is 5.73 Å². The second kappa shape index (κ2) is 5.08. The van der Waals surface area contributed by atoms with Gasteiger partial charge in [-0.25, -0.2) is 0 Å². The molecule has 2 N–H and O–H groups in total. The standard InChI is InChI=1S/C15H31N/c1-6-13(7-2)10-15(16)9-12(3)8-14(4,5)11-15/h12-13H,6-11,16H2,1-5H3. The molecule has 1 aliphatic rings. The molecule has 0 spiro atoms. The van der Waals surface area contributed by atoms with E-state index in [9.17, 15) is 0 Å². The van der Waals surface area contributed by atoms with Gasteiger partial charge >= 0.3 is 0 Å². The zero-order chi connectivity index (χ0) is 12.4. The van der Waals surface area contributed by atoms with Crippen LogP contribution in [0.4, 0.5) is 0 Å². The minimum absolute atomic E-state index is 0.109. The van der Waals surface area contributed by atoms with Crippen LogP contribution in [0.1, 0.15) is 73.1 Å². The summed E-state index contributed by atoms with van der Waals surface area (Å²) in [7, 11) is 0. The minimum Gasteiger partial charge on any atom is -0.325 e. The Balaban J connectivity index is 2.67. The third kappa shape index (κ3) is 3.76. The van der Waals surface area contributed by atoms with Crippen molar-refractivity contribution >= 4 is 0 Å². The van der Waals surface area contributed by atoms with Gasteiger partial charge in [-0.05, 0) is 42.9 Å². The maximum Gasteiger partial charge on any atom is 0.0164 e. The highest BCUT2D eigenvalue weighted by atomic mass is 14.8. The van der Waals surface area contributed by atoms with Gasteiger partial charge in [-0.1, -0.05) is 47.5 Å². The van der Waals surface area contributed by atoms with Crippen molar-refractivity contribution in [3.05, 3.63) is 0 Å². The molecule has 0 aliphatic heterocycles. The number of rotatable bonds is 4. The molecule has 0 amide bonds. The maximum absolute atomic E-state index is 6.68. The Bertz CT molecular complexity index is 217. The van der Waals surface area contributed by atoms with E-state index in [2.05, 4.69) is 34.6 Å². The number of hydrogen-bond donors (Lipinski definition) is 1. The highest BCUT2D eigenvalue weighted by Crippen LogP contribution is 2.45. The average molecular weight is 225 g/mol. The highest BCUT2D eigenvalue weighted by Gasteiger charge is 2.40. The first-order chi connectivity index (χ1) is 7.30. The fourth-order valence-electron chi connectivity index (χ4n) is 4.11. The summed E-state index contributed by atoms with van der Waals surface area (Å²) in [6, 6.07) is 0. The lowest BCUT2D eigenvalue weighted by Gasteiger charge is -2.47. The molecule has 0 aromatic heterocycles. The van der Waals surface area contributed by atoms with Gasteiger partial charge in [0.05, 0.1) is 0 Å². The maximum atomic E-state index is 6.68. The summed E-state index contributed by atoms with van der Waals surface area (Å²) in [6.45, 7) is 11.7. The van der Waals surface area contributed by atoms with Crippen LogP contribution in [0, 0.1) is 17.3 Å². The van der Waals surface area contributed by atoms with Crippen LogP contribution in [0.25, 0.3) is 0 Å². The topological polar surface area (TPSA) is 26.0 Å². The molecule has 1 aliphatic carbocycles. The first kappa shape index (κ1) is 14.0. The van der Waals surface area contributed by atoms with Crippen molar-refractivity contribution < 1.29 is 0 Å². The van der Waals surface area contributed by atoms with E-state index in [1.165, 1.54) is 38.5 Å². The second-order valence-corrected chi connectivity index (χ2v) is 7.10. The lowest BCUT2D eigenvalue weighted by molar-refractivity contribution is 0.0886. The first-order valence-electron chi connectivity index (χ1n) is 7.09. The van der Waals surface area contributed by atoms with Gasteiger partial charge in [0.1, 0.15) is 0 Å². The molecule has 1 rings (SSSR count). The first-order valence-corrected chi connectivity index (χ1v) is 7.09. The molecule has 0 bridgehead atoms. The van der Waals surface area contributed by atoms with Gasteiger partial charge in [-0.2, -0.15) is 0 Å². The Morgan fingerprint density at radius 2 is 1.75 bits per heavy atom. The number of hydrogen-bond acceptors (Lipinski definition) is 1. The summed E-state index contributed by atoms with van der Waals surface area (Å²) in [5, 5.41) is 0. The molecule has 1 nitrogen and oxygen atoms in total. The Hall–Kier alpha value is -0.0400. The summed E-state index contributed by atoms with van der Waals surface area (Å²) in [6.07, 6.45) is 7.57. The van der Waals surface area contributed by atoms with Crippen molar-refractivity contribution in [2.75, 3.05) is 0 Å². The zero-order valence-corrected chi connectivity index (χ0v) is 12.0. The van der Waals surface area contributed by atoms with Crippen LogP contribution in [0.3, 0.4) is 0 Å². The van der Waals surface area contributed by atoms with E-state index in [-0.39, 0.29) is 5.54 Å². The quantitative estimate of drug-likeness (QED) is 0.756. The smallest absolute Gasteiger partial charge is 0.0164 e. The molecule has 16 heavy (non-hydrogen) atoms. The van der Waals surface area contributed by atoms with Crippen molar-refractivity contribution in [2.45, 2.75) is 78.7 Å². The van der Waals surface area contributed by atoms with Crippen LogP contribution >= 0.6 is 0 Å². The van der Waals surface area contributed by atoms with Gasteiger partial charge in [0.2, 0.25) is 0 Å². The Morgan fingerprint density at radius 3 is 2.19 bits per heavy atom. The molecule has 0 heterocycles. The third-order valence-corrected chi connectivity index (χ3v) is 4.34. The van der Waals surface area contributed by atoms with E-state index in [0.29, 0.717) is 5.41 Å². The molecule has 96 valence electrons. The van der Waals surface area contributed by atoms with E-state index in [0.717, 1.165) is 11.8 Å². The SMILES string of the molecule is CCC(CC)CC1(N)CC(C)CC(C)(C)C1. The van der Waals surface area contributed by atoms with Crippen LogP contribution in [0.2, 0.25) is 0 Å². The van der Waals surface area contributed by atoms with Crippen LogP contribution < -0.4 is 5.73 Å². The van der Waals surface area contributed by atoms with Crippen molar-refractivity contribution in [1.29, 1.82) is 0 Å². The van der Waals surface area contributed by atoms with Crippen molar-refractivity contribution in [3.8, 4) is 0 Å². The molecule has 2 atom stereocenters. The molecule has 0 radical (unpaired) electrons. The highest BCUT2D eigenvalue weighted by molar-refractivity contribution is 4.97. The van der Waals surface area contributed by atoms with Gasteiger partial charge in [0.25, 0.3) is 0 Å².